The normalized spacial score (nSPS) is 18.0. The van der Waals surface area contributed by atoms with E-state index in [4.69, 9.17) is 9.47 Å². The molecule has 3 rings (SSSR count). The van der Waals surface area contributed by atoms with Crippen molar-refractivity contribution in [2.75, 3.05) is 18.5 Å². The lowest BCUT2D eigenvalue weighted by Gasteiger charge is -2.21. The van der Waals surface area contributed by atoms with Crippen molar-refractivity contribution in [3.8, 4) is 5.75 Å². The van der Waals surface area contributed by atoms with Gasteiger partial charge in [-0.05, 0) is 67.5 Å². The van der Waals surface area contributed by atoms with Gasteiger partial charge in [-0.1, -0.05) is 39.0 Å². The number of carbonyl (C=O) groups excluding carboxylic acids is 1. The highest BCUT2D eigenvalue weighted by atomic mass is 32.2. The second-order valence-corrected chi connectivity index (χ2v) is 10.1. The lowest BCUT2D eigenvalue weighted by atomic mass is 9.98. The Labute approximate surface area is 196 Å². The number of anilines is 1. The van der Waals surface area contributed by atoms with Crippen molar-refractivity contribution >= 4 is 21.6 Å². The predicted octanol–water partition coefficient (Wildman–Crippen LogP) is 4.45. The summed E-state index contributed by atoms with van der Waals surface area (Å²) in [7, 11) is -3.64. The van der Waals surface area contributed by atoms with Crippen molar-refractivity contribution in [2.45, 2.75) is 69.5 Å². The molecule has 2 aromatic carbocycles. The maximum absolute atomic E-state index is 12.8. The number of nitrogens with one attached hydrogen (secondary N) is 2. The van der Waals surface area contributed by atoms with Crippen LogP contribution in [0.5, 0.6) is 5.75 Å². The number of benzene rings is 2. The van der Waals surface area contributed by atoms with E-state index in [2.05, 4.69) is 23.9 Å². The number of carbonyl (C=O) groups is 1. The van der Waals surface area contributed by atoms with Crippen LogP contribution in [0.3, 0.4) is 0 Å². The predicted molar refractivity (Wildman–Crippen MR) is 129 cm³/mol. The molecule has 8 heteroatoms. The highest BCUT2D eigenvalue weighted by molar-refractivity contribution is 7.89. The van der Waals surface area contributed by atoms with Crippen LogP contribution in [-0.2, 0) is 19.6 Å². The van der Waals surface area contributed by atoms with Gasteiger partial charge >= 0.3 is 0 Å². The molecule has 0 bridgehead atoms. The number of sulfonamides is 1. The third-order valence-corrected chi connectivity index (χ3v) is 7.39. The minimum absolute atomic E-state index is 0.0743. The Kier molecular flexibility index (Phi) is 8.88. The van der Waals surface area contributed by atoms with Gasteiger partial charge in [-0.25, -0.2) is 13.1 Å². The first-order chi connectivity index (χ1) is 15.8. The van der Waals surface area contributed by atoms with Crippen LogP contribution in [0.15, 0.2) is 53.4 Å². The number of amides is 1. The van der Waals surface area contributed by atoms with Gasteiger partial charge in [0.05, 0.1) is 11.0 Å². The molecule has 33 heavy (non-hydrogen) atoms. The van der Waals surface area contributed by atoms with E-state index in [1.54, 1.807) is 12.1 Å². The Morgan fingerprint density at radius 3 is 2.48 bits per heavy atom. The van der Waals surface area contributed by atoms with Gasteiger partial charge in [0.2, 0.25) is 10.0 Å². The van der Waals surface area contributed by atoms with E-state index in [-0.39, 0.29) is 23.5 Å². The van der Waals surface area contributed by atoms with Crippen molar-refractivity contribution < 1.29 is 22.7 Å². The molecule has 1 saturated heterocycles. The summed E-state index contributed by atoms with van der Waals surface area (Å²) in [6, 6.07) is 13.9. The van der Waals surface area contributed by atoms with Gasteiger partial charge in [0.15, 0.2) is 6.10 Å². The Hall–Kier alpha value is -2.42. The molecule has 180 valence electrons. The van der Waals surface area contributed by atoms with Gasteiger partial charge in [-0.3, -0.25) is 4.79 Å². The van der Waals surface area contributed by atoms with Crippen LogP contribution in [0, 0.1) is 0 Å². The monoisotopic (exact) mass is 474 g/mol. The average molecular weight is 475 g/mol. The Morgan fingerprint density at radius 2 is 1.85 bits per heavy atom. The number of hydrogen-bond donors (Lipinski definition) is 2. The largest absolute Gasteiger partial charge is 0.480 e. The highest BCUT2D eigenvalue weighted by Gasteiger charge is 2.22. The van der Waals surface area contributed by atoms with E-state index in [1.807, 2.05) is 31.2 Å². The third kappa shape index (κ3) is 6.79. The van der Waals surface area contributed by atoms with Crippen LogP contribution in [0.25, 0.3) is 0 Å². The standard InChI is InChI=1S/C25H34N2O5S/c1-4-18(3)22-10-6-7-11-24(22)32-23(5-2)25(28)27-19-12-14-21(15-13-19)33(29,30)26-17-20-9-8-16-31-20/h6-7,10-15,18,20,23,26H,4-5,8-9,16-17H2,1-3H3,(H,27,28). The first-order valence-corrected chi connectivity index (χ1v) is 13.1. The molecule has 2 aromatic rings. The fourth-order valence-electron chi connectivity index (χ4n) is 3.72. The highest BCUT2D eigenvalue weighted by Crippen LogP contribution is 2.29. The lowest BCUT2D eigenvalue weighted by Crippen LogP contribution is -2.33. The Balaban J connectivity index is 1.62. The fraction of sp³-hybridized carbons (Fsp3) is 0.480. The molecule has 1 fully saturated rings. The second-order valence-electron chi connectivity index (χ2n) is 8.36. The van der Waals surface area contributed by atoms with Crippen molar-refractivity contribution in [1.29, 1.82) is 0 Å². The summed E-state index contributed by atoms with van der Waals surface area (Å²) < 4.78 is 39.2. The summed E-state index contributed by atoms with van der Waals surface area (Å²) in [5.41, 5.74) is 1.59. The van der Waals surface area contributed by atoms with E-state index in [1.165, 1.54) is 12.1 Å². The van der Waals surface area contributed by atoms with E-state index in [0.717, 1.165) is 24.8 Å². The summed E-state index contributed by atoms with van der Waals surface area (Å²) >= 11 is 0. The van der Waals surface area contributed by atoms with Crippen LogP contribution in [0.1, 0.15) is 57.9 Å². The maximum atomic E-state index is 12.8. The third-order valence-electron chi connectivity index (χ3n) is 5.95. The number of hydrogen-bond acceptors (Lipinski definition) is 5. The molecule has 0 aliphatic carbocycles. The van der Waals surface area contributed by atoms with Crippen molar-refractivity contribution in [3.63, 3.8) is 0 Å². The van der Waals surface area contributed by atoms with E-state index >= 15 is 0 Å². The molecule has 1 aliphatic heterocycles. The first kappa shape index (κ1) is 25.2. The molecule has 2 N–H and O–H groups in total. The second kappa shape index (κ2) is 11.6. The van der Waals surface area contributed by atoms with Crippen molar-refractivity contribution in [1.82, 2.24) is 4.72 Å². The molecule has 0 spiro atoms. The Morgan fingerprint density at radius 1 is 1.12 bits per heavy atom. The smallest absolute Gasteiger partial charge is 0.265 e. The van der Waals surface area contributed by atoms with E-state index < -0.39 is 16.1 Å². The minimum atomic E-state index is -3.64. The zero-order valence-corrected chi connectivity index (χ0v) is 20.4. The molecule has 0 aromatic heterocycles. The number of rotatable bonds is 11. The van der Waals surface area contributed by atoms with Crippen molar-refractivity contribution in [3.05, 3.63) is 54.1 Å². The molecular weight excluding hydrogens is 440 g/mol. The summed E-state index contributed by atoms with van der Waals surface area (Å²) in [6.45, 7) is 7.08. The SMILES string of the molecule is CCC(Oc1ccccc1C(C)CC)C(=O)Nc1ccc(S(=O)(=O)NCC2CCCO2)cc1. The number of ether oxygens (including phenoxy) is 2. The summed E-state index contributed by atoms with van der Waals surface area (Å²) in [6.07, 6.45) is 2.55. The van der Waals surface area contributed by atoms with Crippen LogP contribution < -0.4 is 14.8 Å². The summed E-state index contributed by atoms with van der Waals surface area (Å²) in [5, 5.41) is 2.83. The van der Waals surface area contributed by atoms with Crippen LogP contribution >= 0.6 is 0 Å². The molecule has 1 heterocycles. The molecule has 1 aliphatic rings. The molecular formula is C25H34N2O5S. The zero-order chi connectivity index (χ0) is 23.8. The van der Waals surface area contributed by atoms with Gasteiger partial charge in [-0.2, -0.15) is 0 Å². The van der Waals surface area contributed by atoms with E-state index in [9.17, 15) is 13.2 Å². The van der Waals surface area contributed by atoms with Gasteiger partial charge < -0.3 is 14.8 Å². The van der Waals surface area contributed by atoms with Crippen LogP contribution in [0.2, 0.25) is 0 Å². The minimum Gasteiger partial charge on any atom is -0.480 e. The van der Waals surface area contributed by atoms with Gasteiger partial charge in [-0.15, -0.1) is 0 Å². The maximum Gasteiger partial charge on any atom is 0.265 e. The molecule has 7 nitrogen and oxygen atoms in total. The quantitative estimate of drug-likeness (QED) is 0.502. The molecule has 3 atom stereocenters. The van der Waals surface area contributed by atoms with Crippen LogP contribution in [-0.4, -0.2) is 39.7 Å². The van der Waals surface area contributed by atoms with Gasteiger partial charge in [0, 0.05) is 18.8 Å². The molecule has 1 amide bonds. The van der Waals surface area contributed by atoms with Crippen molar-refractivity contribution in [2.24, 2.45) is 0 Å². The zero-order valence-electron chi connectivity index (χ0n) is 19.5. The van der Waals surface area contributed by atoms with Gasteiger partial charge in [0.1, 0.15) is 5.75 Å². The fourth-order valence-corrected chi connectivity index (χ4v) is 4.79. The topological polar surface area (TPSA) is 93.7 Å². The number of para-hydroxylation sites is 1. The summed E-state index contributed by atoms with van der Waals surface area (Å²) in [5.74, 6) is 0.765. The molecule has 0 radical (unpaired) electrons. The van der Waals surface area contributed by atoms with Gasteiger partial charge in [0.25, 0.3) is 5.91 Å². The average Bonchev–Trinajstić information content (AvgIpc) is 3.35. The van der Waals surface area contributed by atoms with E-state index in [0.29, 0.717) is 30.4 Å². The Bertz CT molecular complexity index is 1020. The molecule has 0 saturated carbocycles. The lowest BCUT2D eigenvalue weighted by molar-refractivity contribution is -0.122. The first-order valence-electron chi connectivity index (χ1n) is 11.6. The van der Waals surface area contributed by atoms with Crippen LogP contribution in [0.4, 0.5) is 5.69 Å². The summed E-state index contributed by atoms with van der Waals surface area (Å²) in [4.78, 5) is 13.0. The molecule has 3 unspecified atom stereocenters.